The Bertz CT molecular complexity index is 8340. The Hall–Kier alpha value is -17.9. The van der Waals surface area contributed by atoms with E-state index in [1.165, 1.54) is 107 Å². The first-order valence-corrected chi connectivity index (χ1v) is 46.8. The first kappa shape index (κ1) is 98.7. The van der Waals surface area contributed by atoms with Gasteiger partial charge in [0.05, 0.1) is 41.4 Å². The first-order valence-electron chi connectivity index (χ1n) is 46.4. The van der Waals surface area contributed by atoms with Crippen LogP contribution in [0.3, 0.4) is 0 Å². The van der Waals surface area contributed by atoms with Gasteiger partial charge in [-0.15, -0.1) is 6.58 Å². The number of nitriles is 1. The maximum atomic E-state index is 13.1. The van der Waals surface area contributed by atoms with Gasteiger partial charge >= 0.3 is 22.8 Å². The third-order valence-corrected chi connectivity index (χ3v) is 24.4. The van der Waals surface area contributed by atoms with Gasteiger partial charge in [-0.2, -0.15) is 9.65 Å². The number of hydrogen-bond acceptors (Lipinski definition) is 28. The van der Waals surface area contributed by atoms with E-state index in [-0.39, 0.29) is 133 Å². The highest BCUT2D eigenvalue weighted by atomic mass is 35.5. The van der Waals surface area contributed by atoms with E-state index in [0.29, 0.717) is 136 Å². The van der Waals surface area contributed by atoms with E-state index >= 15 is 0 Å². The molecule has 0 saturated heterocycles. The van der Waals surface area contributed by atoms with Crippen molar-refractivity contribution in [1.29, 1.82) is 5.26 Å². The van der Waals surface area contributed by atoms with Gasteiger partial charge in [-0.05, 0) is 179 Å². The standard InChI is InChI=1S/C25H22FN7O3.C25H22N8O3.C25H25N7O3.C24H25ClN8O5/c1-3-12-32-22-21(24(35)33(25(32)36)17-7-8-17)29-19(30-22)10-4-15-5-11-20(28-13-15)31(2)23(34)16-6-9-18(26)27-14-16;1-3-10-32-22-21(24(35)33(25(32)36)18-7-8-18)29-19(30-22)11-15-4-9-20(28-13-15)31(2)23(34)16-5-6-17(12-26)27-14-16;1-3-13-31-22-21(24(34)32(25(31)35)18-8-9-18)28-19(29-22)10-6-16-7-11-20(27-14-16)30(2)23(33)17-5-4-12-26-15-17;1-3-6-32-21-20(23(36)33(24(32)37)13-7-14(34)8-13)29-18(30-21)12-38-15-4-5-19(28-9-15)31(2)22(35)16-10-27-17(25)11-26-16/h5-6,9,11,13-14,17H,3,7-8,12H2,1-2H3,(H,29,30);3-6,9,13-14,18H,1,7-8,10-11H2,2H3,(H,29,30);4-7,10-12,14-15,18H,3,8-9,13H2,1-2H3,(H,28,29);4-5,9-11,13-14,34H,3,6-8,12H2,1-2H3,(H,29,30)/b;;10-6+;. The van der Waals surface area contributed by atoms with Crippen LogP contribution in [0, 0.1) is 29.1 Å². The summed E-state index contributed by atoms with van der Waals surface area (Å²) in [6, 6.07) is 24.1. The molecule has 16 aromatic rings. The van der Waals surface area contributed by atoms with Crippen molar-refractivity contribution < 1.29 is 33.4 Å². The van der Waals surface area contributed by atoms with Gasteiger partial charge in [0.2, 0.25) is 5.95 Å². The number of halogens is 2. The fourth-order valence-electron chi connectivity index (χ4n) is 16.1. The van der Waals surface area contributed by atoms with Crippen molar-refractivity contribution in [3.05, 3.63) is 322 Å². The maximum Gasteiger partial charge on any atom is 0.333 e. The number of rotatable bonds is 27. The minimum absolute atomic E-state index is 0.00720. The van der Waals surface area contributed by atoms with Crippen LogP contribution in [0.1, 0.15) is 203 Å². The van der Waals surface area contributed by atoms with Crippen LogP contribution in [0.5, 0.6) is 5.75 Å². The quantitative estimate of drug-likeness (QED) is 0.0182. The molecule has 20 rings (SSSR count). The number of aryl methyl sites for hydroxylation is 3. The predicted molar refractivity (Wildman–Crippen MR) is 533 cm³/mol. The summed E-state index contributed by atoms with van der Waals surface area (Å²) in [7, 11) is 6.37. The van der Waals surface area contributed by atoms with E-state index in [2.05, 4.69) is 103 Å². The summed E-state index contributed by atoms with van der Waals surface area (Å²) in [5.41, 5.74) is 3.00. The number of aliphatic hydroxyl groups excluding tert-OH is 1. The number of allylic oxidation sites excluding steroid dienone is 1. The molecule has 4 amide bonds. The highest BCUT2D eigenvalue weighted by Crippen LogP contribution is 2.36. The fourth-order valence-corrected chi connectivity index (χ4v) is 16.2. The summed E-state index contributed by atoms with van der Waals surface area (Å²) in [5.74, 6) is 7.58. The Labute approximate surface area is 825 Å². The molecule has 46 heteroatoms. The number of pyridine rings is 7. The van der Waals surface area contributed by atoms with Gasteiger partial charge in [-0.25, -0.2) is 79.0 Å². The number of nitrogens with zero attached hydrogens (tertiary/aromatic N) is 26. The Balaban J connectivity index is 0.000000132. The average Bonchev–Trinajstić information content (AvgIpc) is 1.60. The number of imidazole rings is 4. The van der Waals surface area contributed by atoms with Crippen LogP contribution in [-0.4, -0.2) is 184 Å². The minimum atomic E-state index is -0.665. The number of nitrogens with one attached hydrogen (secondary N) is 4. The summed E-state index contributed by atoms with van der Waals surface area (Å²) in [6.07, 6.45) is 27.3. The molecule has 16 heterocycles. The zero-order chi connectivity index (χ0) is 102. The number of hydrogen-bond donors (Lipinski definition) is 5. The molecule has 5 N–H and O–H groups in total. The Kier molecular flexibility index (Phi) is 29.0. The Morgan fingerprint density at radius 3 is 1.48 bits per heavy atom. The molecule has 0 radical (unpaired) electrons. The molecule has 0 aliphatic heterocycles. The number of aliphatic hydroxyl groups is 1. The van der Waals surface area contributed by atoms with Gasteiger partial charge in [-0.3, -0.25) is 99.5 Å². The van der Waals surface area contributed by atoms with Gasteiger partial charge < -0.3 is 29.8 Å². The minimum Gasteiger partial charge on any atom is -0.484 e. The van der Waals surface area contributed by atoms with Gasteiger partial charge in [0.1, 0.15) is 92.3 Å². The van der Waals surface area contributed by atoms with Crippen LogP contribution < -0.4 is 69.3 Å². The van der Waals surface area contributed by atoms with E-state index < -0.39 is 29.2 Å². The lowest BCUT2D eigenvalue weighted by Gasteiger charge is -2.32. The molecule has 0 atom stereocenters. The summed E-state index contributed by atoms with van der Waals surface area (Å²) < 4.78 is 30.0. The number of anilines is 4. The molecule has 44 nitrogen and oxygen atoms in total. The van der Waals surface area contributed by atoms with Crippen molar-refractivity contribution >= 4 is 115 Å². The maximum absolute atomic E-state index is 13.1. The second-order valence-electron chi connectivity index (χ2n) is 34.6. The van der Waals surface area contributed by atoms with Crippen LogP contribution in [0.25, 0.3) is 56.8 Å². The molecule has 0 aromatic carbocycles. The van der Waals surface area contributed by atoms with Crippen molar-refractivity contribution in [1.82, 2.24) is 121 Å². The summed E-state index contributed by atoms with van der Waals surface area (Å²) >= 11 is 5.72. The fraction of sp³-hybridized carbons (Fsp3) is 0.293. The highest BCUT2D eigenvalue weighted by molar-refractivity contribution is 6.29. The molecule has 145 heavy (non-hydrogen) atoms. The van der Waals surface area contributed by atoms with Gasteiger partial charge in [0.25, 0.3) is 45.9 Å². The number of aromatic nitrogens is 25. The van der Waals surface area contributed by atoms with Crippen LogP contribution in [0.2, 0.25) is 5.15 Å². The summed E-state index contributed by atoms with van der Waals surface area (Å²) in [5, 5.41) is 18.7. The predicted octanol–water partition coefficient (Wildman–Crippen LogP) is 8.73. The molecule has 4 aliphatic rings. The highest BCUT2D eigenvalue weighted by Gasteiger charge is 2.36. The van der Waals surface area contributed by atoms with E-state index in [1.54, 1.807) is 124 Å². The lowest BCUT2D eigenvalue weighted by atomic mass is 9.89. The molecule has 4 saturated carbocycles. The van der Waals surface area contributed by atoms with E-state index in [9.17, 15) is 67.0 Å². The number of H-pyrrole nitrogens is 4. The SMILES string of the molecule is C=CCn1c(=O)n(C2CC2)c(=O)c2[nH]c(Cc3ccc(N(C)C(=O)c4ccc(C#N)nc4)nc3)nc21.CCCn1c(=O)n(C2CC(O)C2)c(=O)c2[nH]c(COc3ccc(N(C)C(=O)c4cnc(Cl)cn4)nc3)nc21.CCCn1c(=O)n(C2CC2)c(=O)c2[nH]c(/C=C/c3ccc(N(C)C(=O)c4cccnc4)nc3)nc21.CCCn1c(=O)n(C2CC2)c(=O)c2[nH]c(C#Cc3ccc(N(C)C(=O)c4ccc(F)nc4)nc3)nc21. The van der Waals surface area contributed by atoms with Crippen molar-refractivity contribution in [2.24, 2.45) is 0 Å². The summed E-state index contributed by atoms with van der Waals surface area (Å²) in [6.45, 7) is 11.2. The van der Waals surface area contributed by atoms with Crippen LogP contribution in [-0.2, 0) is 39.2 Å². The Morgan fingerprint density at radius 1 is 0.497 bits per heavy atom. The molecule has 4 fully saturated rings. The van der Waals surface area contributed by atoms with Crippen LogP contribution in [0.4, 0.5) is 27.7 Å². The molecular weight excluding hydrogens is 1890 g/mol. The molecule has 16 aromatic heterocycles. The molecule has 4 aliphatic carbocycles. The molecular formula is C99H94ClFN30O14. The van der Waals surface area contributed by atoms with Crippen LogP contribution >= 0.6 is 11.6 Å². The molecule has 738 valence electrons. The zero-order valence-corrected chi connectivity index (χ0v) is 80.1. The topological polar surface area (TPSA) is 541 Å². The normalized spacial score (nSPS) is 14.1. The number of carbonyl (C=O) groups excluding carboxylic acids is 4. The molecule has 0 unspecified atom stereocenters. The number of ether oxygens (including phenoxy) is 1. The number of fused-ring (bicyclic) bond motifs is 4. The number of carbonyl (C=O) groups is 4. The zero-order valence-electron chi connectivity index (χ0n) is 79.3. The summed E-state index contributed by atoms with van der Waals surface area (Å²) in [4.78, 5) is 226. The van der Waals surface area contributed by atoms with Crippen molar-refractivity contribution in [2.45, 2.75) is 161 Å². The van der Waals surface area contributed by atoms with Gasteiger partial charge in [0.15, 0.2) is 33.9 Å². The first-order chi connectivity index (χ1) is 70.0. The van der Waals surface area contributed by atoms with Gasteiger partial charge in [-0.1, -0.05) is 50.4 Å². The van der Waals surface area contributed by atoms with Crippen molar-refractivity contribution in [3.63, 3.8) is 0 Å². The number of amides is 4. The average molecular weight is 1980 g/mol. The van der Waals surface area contributed by atoms with Crippen molar-refractivity contribution in [3.8, 4) is 23.7 Å². The third kappa shape index (κ3) is 21.3. The Morgan fingerprint density at radius 2 is 0.993 bits per heavy atom. The van der Waals surface area contributed by atoms with Gasteiger partial charge in [0, 0.05) is 134 Å². The second-order valence-corrected chi connectivity index (χ2v) is 35.0. The monoisotopic (exact) mass is 1980 g/mol. The molecule has 0 bridgehead atoms. The number of aromatic amines is 4. The lowest BCUT2D eigenvalue weighted by Crippen LogP contribution is -2.47. The van der Waals surface area contributed by atoms with E-state index in [4.69, 9.17) is 21.6 Å². The van der Waals surface area contributed by atoms with E-state index in [0.717, 1.165) is 68.6 Å². The smallest absolute Gasteiger partial charge is 0.333 e. The molecule has 0 spiro atoms. The lowest BCUT2D eigenvalue weighted by molar-refractivity contribution is 0.0449. The second kappa shape index (κ2) is 42.7. The third-order valence-electron chi connectivity index (χ3n) is 24.2. The van der Waals surface area contributed by atoms with Crippen LogP contribution in [0.15, 0.2) is 198 Å². The largest absolute Gasteiger partial charge is 0.484 e. The van der Waals surface area contributed by atoms with Crippen molar-refractivity contribution in [2.75, 3.05) is 47.8 Å². The van der Waals surface area contributed by atoms with E-state index in [1.807, 2.05) is 39.0 Å².